The summed E-state index contributed by atoms with van der Waals surface area (Å²) in [6.45, 7) is 4.17. The summed E-state index contributed by atoms with van der Waals surface area (Å²) in [4.78, 5) is 30.3. The van der Waals surface area contributed by atoms with Crippen molar-refractivity contribution >= 4 is 52.0 Å². The van der Waals surface area contributed by atoms with E-state index in [1.807, 2.05) is 55.4 Å². The van der Waals surface area contributed by atoms with E-state index in [0.29, 0.717) is 17.2 Å². The zero-order chi connectivity index (χ0) is 27.0. The molecule has 1 aliphatic rings. The lowest BCUT2D eigenvalue weighted by Crippen LogP contribution is -2.29. The summed E-state index contributed by atoms with van der Waals surface area (Å²) < 4.78 is 5.40. The van der Waals surface area contributed by atoms with E-state index in [-0.39, 0.29) is 26.9 Å². The minimum absolute atomic E-state index is 0.0735. The van der Waals surface area contributed by atoms with E-state index < -0.39 is 23.5 Å². The van der Waals surface area contributed by atoms with Crippen LogP contribution in [0, 0.1) is 0 Å². The second kappa shape index (κ2) is 10.5. The molecule has 0 saturated carbocycles. The van der Waals surface area contributed by atoms with Gasteiger partial charge in [0, 0.05) is 30.5 Å². The van der Waals surface area contributed by atoms with Crippen molar-refractivity contribution in [2.45, 2.75) is 25.8 Å². The summed E-state index contributed by atoms with van der Waals surface area (Å²) in [5, 5.41) is 11.9. The highest BCUT2D eigenvalue weighted by atomic mass is 35.5. The molecule has 1 unspecified atom stereocenters. The van der Waals surface area contributed by atoms with Crippen molar-refractivity contribution in [2.24, 2.45) is 0 Å². The third-order valence-electron chi connectivity index (χ3n) is 6.48. The summed E-state index contributed by atoms with van der Waals surface area (Å²) in [6, 6.07) is 17.0. The monoisotopic (exact) mass is 538 g/mol. The van der Waals surface area contributed by atoms with Crippen LogP contribution in [0.4, 0.5) is 11.4 Å². The lowest BCUT2D eigenvalue weighted by molar-refractivity contribution is -0.132. The Balaban J connectivity index is 1.96. The van der Waals surface area contributed by atoms with Gasteiger partial charge in [-0.15, -0.1) is 0 Å². The van der Waals surface area contributed by atoms with Gasteiger partial charge in [-0.3, -0.25) is 14.5 Å². The highest BCUT2D eigenvalue weighted by Crippen LogP contribution is 2.45. The van der Waals surface area contributed by atoms with Crippen LogP contribution in [0.1, 0.15) is 42.5 Å². The number of hydrogen-bond acceptors (Lipinski definition) is 5. The molecular formula is C29H28Cl2N2O4. The van der Waals surface area contributed by atoms with Gasteiger partial charge in [0.25, 0.3) is 11.7 Å². The molecule has 1 N–H and O–H groups in total. The van der Waals surface area contributed by atoms with E-state index in [1.165, 1.54) is 24.1 Å². The Morgan fingerprint density at radius 2 is 1.62 bits per heavy atom. The van der Waals surface area contributed by atoms with Crippen LogP contribution in [0.2, 0.25) is 10.0 Å². The number of Topliss-reactive ketones (excluding diaryl/α,β-unsaturated/α-hetero) is 1. The number of carbonyl (C=O) groups is 2. The third-order valence-corrected chi connectivity index (χ3v) is 6.97. The molecule has 3 aromatic carbocycles. The van der Waals surface area contributed by atoms with Gasteiger partial charge in [0.05, 0.1) is 29.3 Å². The maximum absolute atomic E-state index is 13.5. The maximum Gasteiger partial charge on any atom is 0.300 e. The van der Waals surface area contributed by atoms with Crippen LogP contribution in [-0.4, -0.2) is 38.0 Å². The van der Waals surface area contributed by atoms with Crippen LogP contribution in [0.25, 0.3) is 5.76 Å². The number of halogens is 2. The van der Waals surface area contributed by atoms with Gasteiger partial charge in [-0.25, -0.2) is 0 Å². The fourth-order valence-corrected chi connectivity index (χ4v) is 5.05. The smallest absolute Gasteiger partial charge is 0.300 e. The van der Waals surface area contributed by atoms with Gasteiger partial charge >= 0.3 is 0 Å². The largest absolute Gasteiger partial charge is 0.507 e. The number of nitrogens with zero attached hydrogens (tertiary/aromatic N) is 2. The molecule has 192 valence electrons. The molecule has 8 heteroatoms. The lowest BCUT2D eigenvalue weighted by atomic mass is 9.93. The highest BCUT2D eigenvalue weighted by molar-refractivity contribution is 6.52. The molecule has 6 nitrogen and oxygen atoms in total. The molecule has 1 heterocycles. The topological polar surface area (TPSA) is 70.1 Å². The molecule has 1 saturated heterocycles. The van der Waals surface area contributed by atoms with E-state index in [0.717, 1.165) is 11.3 Å². The van der Waals surface area contributed by atoms with Crippen molar-refractivity contribution in [3.63, 3.8) is 0 Å². The van der Waals surface area contributed by atoms with Gasteiger partial charge < -0.3 is 14.7 Å². The second-order valence-corrected chi connectivity index (χ2v) is 10.2. The Labute approximate surface area is 226 Å². The Morgan fingerprint density at radius 3 is 2.16 bits per heavy atom. The summed E-state index contributed by atoms with van der Waals surface area (Å²) in [6.07, 6.45) is 0. The molecule has 0 radical (unpaired) electrons. The Morgan fingerprint density at radius 1 is 1.00 bits per heavy atom. The van der Waals surface area contributed by atoms with Crippen LogP contribution in [0.3, 0.4) is 0 Å². The summed E-state index contributed by atoms with van der Waals surface area (Å²) >= 11 is 12.5. The number of carbonyl (C=O) groups excluding carboxylic acids is 2. The van der Waals surface area contributed by atoms with E-state index in [9.17, 15) is 14.7 Å². The van der Waals surface area contributed by atoms with Crippen molar-refractivity contribution < 1.29 is 19.4 Å². The Bertz CT molecular complexity index is 1380. The van der Waals surface area contributed by atoms with Crippen LogP contribution in [-0.2, 0) is 9.59 Å². The van der Waals surface area contributed by atoms with Gasteiger partial charge in [0.15, 0.2) is 0 Å². The first-order chi connectivity index (χ1) is 17.5. The predicted octanol–water partition coefficient (Wildman–Crippen LogP) is 6.82. The minimum atomic E-state index is -0.881. The zero-order valence-corrected chi connectivity index (χ0v) is 22.8. The lowest BCUT2D eigenvalue weighted by Gasteiger charge is -2.26. The van der Waals surface area contributed by atoms with Crippen LogP contribution >= 0.6 is 23.2 Å². The SMILES string of the molecule is COc1c(Cl)cc(Cl)cc1/C(O)=C1\C(=O)C(=O)N(c2ccc(N(C)C)cc2)C1c1ccc(C(C)C)cc1. The molecule has 0 spiro atoms. The molecule has 37 heavy (non-hydrogen) atoms. The predicted molar refractivity (Wildman–Crippen MR) is 149 cm³/mol. The molecule has 3 aromatic rings. The highest BCUT2D eigenvalue weighted by Gasteiger charge is 2.47. The number of hydrogen-bond donors (Lipinski definition) is 1. The quantitative estimate of drug-likeness (QED) is 0.212. The van der Waals surface area contributed by atoms with E-state index >= 15 is 0 Å². The van der Waals surface area contributed by atoms with Gasteiger partial charge in [-0.05, 0) is 53.4 Å². The molecular weight excluding hydrogens is 511 g/mol. The van der Waals surface area contributed by atoms with Crippen molar-refractivity contribution in [3.05, 3.63) is 93.0 Å². The van der Waals surface area contributed by atoms with E-state index in [1.54, 1.807) is 12.1 Å². The van der Waals surface area contributed by atoms with Gasteiger partial charge in [0.2, 0.25) is 0 Å². The van der Waals surface area contributed by atoms with Gasteiger partial charge in [-0.2, -0.15) is 0 Å². The molecule has 1 fully saturated rings. The van der Waals surface area contributed by atoms with Gasteiger partial charge in [-0.1, -0.05) is 61.3 Å². The maximum atomic E-state index is 13.5. The molecule has 0 aromatic heterocycles. The van der Waals surface area contributed by atoms with Crippen LogP contribution in [0.5, 0.6) is 5.75 Å². The number of ketones is 1. The minimum Gasteiger partial charge on any atom is -0.507 e. The number of aliphatic hydroxyl groups is 1. The molecule has 4 rings (SSSR count). The summed E-state index contributed by atoms with van der Waals surface area (Å²) in [7, 11) is 5.24. The first-order valence-corrected chi connectivity index (χ1v) is 12.5. The van der Waals surface area contributed by atoms with Crippen molar-refractivity contribution in [3.8, 4) is 5.75 Å². The van der Waals surface area contributed by atoms with Crippen molar-refractivity contribution in [2.75, 3.05) is 31.0 Å². The normalized spacial score (nSPS) is 17.0. The summed E-state index contributed by atoms with van der Waals surface area (Å²) in [5.41, 5.74) is 3.31. The number of amides is 1. The standard InChI is InChI=1S/C29H28Cl2N2O4/c1-16(2)17-6-8-18(9-7-17)25-24(26(34)22-14-19(30)15-23(31)28(22)37-5)27(35)29(36)33(25)21-12-10-20(11-13-21)32(3)4/h6-16,25,34H,1-5H3/b26-24+. The third kappa shape index (κ3) is 4.91. The molecule has 1 aliphatic heterocycles. The van der Waals surface area contributed by atoms with Crippen LogP contribution < -0.4 is 14.5 Å². The number of methoxy groups -OCH3 is 1. The molecule has 0 bridgehead atoms. The van der Waals surface area contributed by atoms with E-state index in [2.05, 4.69) is 13.8 Å². The number of rotatable bonds is 6. The first kappa shape index (κ1) is 26.6. The van der Waals surface area contributed by atoms with Gasteiger partial charge in [0.1, 0.15) is 11.5 Å². The number of anilines is 2. The fourth-order valence-electron chi connectivity index (χ4n) is 4.48. The Kier molecular flexibility index (Phi) is 7.53. The Hall–Kier alpha value is -3.48. The van der Waals surface area contributed by atoms with Crippen molar-refractivity contribution in [1.29, 1.82) is 0 Å². The zero-order valence-electron chi connectivity index (χ0n) is 21.3. The average molecular weight is 539 g/mol. The number of benzene rings is 3. The fraction of sp³-hybridized carbons (Fsp3) is 0.241. The molecule has 1 amide bonds. The summed E-state index contributed by atoms with van der Waals surface area (Å²) in [5.74, 6) is -1.52. The number of aliphatic hydroxyl groups excluding tert-OH is 1. The molecule has 1 atom stereocenters. The van der Waals surface area contributed by atoms with Crippen molar-refractivity contribution in [1.82, 2.24) is 0 Å². The number of ether oxygens (including phenoxy) is 1. The second-order valence-electron chi connectivity index (χ2n) is 9.37. The van der Waals surface area contributed by atoms with E-state index in [4.69, 9.17) is 27.9 Å². The molecule has 0 aliphatic carbocycles. The van der Waals surface area contributed by atoms with Crippen LogP contribution in [0.15, 0.2) is 66.2 Å². The average Bonchev–Trinajstić information content (AvgIpc) is 3.13. The first-order valence-electron chi connectivity index (χ1n) is 11.8.